The van der Waals surface area contributed by atoms with Crippen molar-refractivity contribution in [3.63, 3.8) is 0 Å². The number of aromatic nitrogens is 1. The molecule has 60 valence electrons. The van der Waals surface area contributed by atoms with Gasteiger partial charge in [-0.2, -0.15) is 4.73 Å². The van der Waals surface area contributed by atoms with E-state index in [2.05, 4.69) is 0 Å². The number of hydrogen-bond acceptors (Lipinski definition) is 2. The van der Waals surface area contributed by atoms with Crippen LogP contribution in [0, 0.1) is 5.21 Å². The molecule has 6 heteroatoms. The van der Waals surface area contributed by atoms with Crippen LogP contribution in [0.15, 0.2) is 24.4 Å². The maximum Gasteiger partial charge on any atom is 0.420 e. The lowest BCUT2D eigenvalue weighted by atomic mass is 10.5. The maximum atomic E-state index is 10.7. The summed E-state index contributed by atoms with van der Waals surface area (Å²) in [6.07, 6.45) is 1.04. The van der Waals surface area contributed by atoms with Gasteiger partial charge in [-0.1, -0.05) is 0 Å². The average molecular weight is 175 g/mol. The molecule has 0 spiro atoms. The quantitative estimate of drug-likeness (QED) is 0.330. The van der Waals surface area contributed by atoms with Crippen molar-refractivity contribution < 1.29 is 19.1 Å². The van der Waals surface area contributed by atoms with Crippen molar-refractivity contribution in [2.75, 3.05) is 0 Å². The molecule has 0 radical (unpaired) electrons. The molecule has 0 aliphatic heterocycles. The van der Waals surface area contributed by atoms with Crippen LogP contribution in [0.2, 0.25) is 0 Å². The van der Waals surface area contributed by atoms with Crippen LogP contribution >= 0.6 is 7.60 Å². The molecule has 0 fully saturated rings. The van der Waals surface area contributed by atoms with E-state index in [1.807, 2.05) is 0 Å². The average Bonchev–Trinajstić information content (AvgIpc) is 1.86. The van der Waals surface area contributed by atoms with Gasteiger partial charge >= 0.3 is 13.0 Å². The molecule has 0 unspecified atom stereocenters. The fourth-order valence-electron chi connectivity index (χ4n) is 0.645. The van der Waals surface area contributed by atoms with E-state index in [1.165, 1.54) is 12.1 Å². The summed E-state index contributed by atoms with van der Waals surface area (Å²) in [7, 11) is -4.41. The molecule has 1 aromatic rings. The SMILES string of the molecule is O=P(O)(O)c1cccc[n+]1[O-]. The monoisotopic (exact) mass is 175 g/mol. The van der Waals surface area contributed by atoms with Crippen LogP contribution in [-0.4, -0.2) is 9.79 Å². The van der Waals surface area contributed by atoms with E-state index in [1.54, 1.807) is 0 Å². The molecule has 1 rings (SSSR count). The van der Waals surface area contributed by atoms with Gasteiger partial charge in [-0.3, -0.25) is 0 Å². The third kappa shape index (κ3) is 1.77. The Morgan fingerprint density at radius 1 is 1.45 bits per heavy atom. The maximum absolute atomic E-state index is 10.7. The molecule has 1 heterocycles. The van der Waals surface area contributed by atoms with E-state index in [-0.39, 0.29) is 4.73 Å². The molecular weight excluding hydrogens is 169 g/mol. The van der Waals surface area contributed by atoms with Gasteiger partial charge < -0.3 is 15.0 Å². The van der Waals surface area contributed by atoms with E-state index in [0.29, 0.717) is 0 Å². The molecule has 5 nitrogen and oxygen atoms in total. The first kappa shape index (κ1) is 8.20. The Balaban J connectivity index is 3.25. The van der Waals surface area contributed by atoms with Gasteiger partial charge in [-0.05, 0) is 6.07 Å². The van der Waals surface area contributed by atoms with Crippen LogP contribution in [0.25, 0.3) is 0 Å². The second-order valence-corrected chi connectivity index (χ2v) is 3.47. The van der Waals surface area contributed by atoms with Crippen LogP contribution in [-0.2, 0) is 4.57 Å². The lowest BCUT2D eigenvalue weighted by Gasteiger charge is -2.03. The molecule has 2 N–H and O–H groups in total. The van der Waals surface area contributed by atoms with Crippen LogP contribution in [0.4, 0.5) is 0 Å². The first-order chi connectivity index (χ1) is 5.02. The van der Waals surface area contributed by atoms with E-state index < -0.39 is 13.0 Å². The third-order valence-electron chi connectivity index (χ3n) is 1.10. The largest absolute Gasteiger partial charge is 0.618 e. The minimum Gasteiger partial charge on any atom is -0.618 e. The fourth-order valence-corrected chi connectivity index (χ4v) is 1.25. The summed E-state index contributed by atoms with van der Waals surface area (Å²) < 4.78 is 10.7. The predicted molar refractivity (Wildman–Crippen MR) is 37.1 cm³/mol. The summed E-state index contributed by atoms with van der Waals surface area (Å²) in [5.74, 6) is 0. The number of pyridine rings is 1. The molecule has 0 atom stereocenters. The van der Waals surface area contributed by atoms with Gasteiger partial charge in [0.2, 0.25) is 0 Å². The highest BCUT2D eigenvalue weighted by molar-refractivity contribution is 7.59. The zero-order valence-electron chi connectivity index (χ0n) is 5.41. The summed E-state index contributed by atoms with van der Waals surface area (Å²) in [5.41, 5.74) is -0.528. The summed E-state index contributed by atoms with van der Waals surface area (Å²) in [6, 6.07) is 3.88. The minimum absolute atomic E-state index is 0.154. The van der Waals surface area contributed by atoms with Crippen LogP contribution in [0.1, 0.15) is 0 Å². The Labute approximate surface area is 62.7 Å². The molecule has 11 heavy (non-hydrogen) atoms. The highest BCUT2D eigenvalue weighted by Gasteiger charge is 2.26. The molecule has 0 amide bonds. The second-order valence-electron chi connectivity index (χ2n) is 1.93. The Bertz CT molecular complexity index is 307. The van der Waals surface area contributed by atoms with Crippen molar-refractivity contribution in [3.8, 4) is 0 Å². The van der Waals surface area contributed by atoms with E-state index in [4.69, 9.17) is 9.79 Å². The molecule has 1 aromatic heterocycles. The van der Waals surface area contributed by atoms with Crippen molar-refractivity contribution >= 4 is 13.0 Å². The third-order valence-corrected chi connectivity index (χ3v) is 2.05. The molecule has 0 aliphatic carbocycles. The van der Waals surface area contributed by atoms with Crippen molar-refractivity contribution in [1.29, 1.82) is 0 Å². The number of rotatable bonds is 1. The Morgan fingerprint density at radius 3 is 2.45 bits per heavy atom. The van der Waals surface area contributed by atoms with Crippen LogP contribution in [0.5, 0.6) is 0 Å². The highest BCUT2D eigenvalue weighted by atomic mass is 31.2. The van der Waals surface area contributed by atoms with E-state index in [9.17, 15) is 9.77 Å². The van der Waals surface area contributed by atoms with Gasteiger partial charge in [0.05, 0.1) is 0 Å². The Hall–Kier alpha value is -0.900. The molecule has 0 aromatic carbocycles. The summed E-state index contributed by atoms with van der Waals surface area (Å²) in [4.78, 5) is 17.1. The standard InChI is InChI=1S/C5H6NO4P/c7-6-4-2-1-3-5(6)11(8,9)10/h1-4H,(H2,8,9,10). The fraction of sp³-hybridized carbons (Fsp3) is 0. The molecule has 0 aliphatic rings. The van der Waals surface area contributed by atoms with Crippen LogP contribution < -0.4 is 10.2 Å². The lowest BCUT2D eigenvalue weighted by Crippen LogP contribution is -2.43. The van der Waals surface area contributed by atoms with Gasteiger partial charge in [-0.15, -0.1) is 0 Å². The predicted octanol–water partition coefficient (Wildman–Crippen LogP) is -0.877. The van der Waals surface area contributed by atoms with Gasteiger partial charge in [0.25, 0.3) is 0 Å². The smallest absolute Gasteiger partial charge is 0.420 e. The summed E-state index contributed by atoms with van der Waals surface area (Å²) >= 11 is 0. The van der Waals surface area contributed by atoms with E-state index >= 15 is 0 Å². The summed E-state index contributed by atoms with van der Waals surface area (Å²) in [5, 5.41) is 10.7. The minimum atomic E-state index is -4.41. The van der Waals surface area contributed by atoms with Gasteiger partial charge in [-0.25, -0.2) is 4.57 Å². The zero-order valence-corrected chi connectivity index (χ0v) is 6.31. The highest BCUT2D eigenvalue weighted by Crippen LogP contribution is 2.30. The number of hydrogen-bond donors (Lipinski definition) is 2. The van der Waals surface area contributed by atoms with Gasteiger partial charge in [0.1, 0.15) is 0 Å². The first-order valence-electron chi connectivity index (χ1n) is 2.76. The second kappa shape index (κ2) is 2.62. The molecule has 0 saturated heterocycles. The Kier molecular flexibility index (Phi) is 1.95. The molecule has 0 bridgehead atoms. The normalized spacial score (nSPS) is 11.5. The van der Waals surface area contributed by atoms with E-state index in [0.717, 1.165) is 12.3 Å². The van der Waals surface area contributed by atoms with Crippen molar-refractivity contribution in [1.82, 2.24) is 0 Å². The topological polar surface area (TPSA) is 84.5 Å². The van der Waals surface area contributed by atoms with Crippen LogP contribution in [0.3, 0.4) is 0 Å². The van der Waals surface area contributed by atoms with Crippen molar-refractivity contribution in [3.05, 3.63) is 29.6 Å². The van der Waals surface area contributed by atoms with Crippen molar-refractivity contribution in [2.45, 2.75) is 0 Å². The Morgan fingerprint density at radius 2 is 2.09 bits per heavy atom. The molecular formula is C5H6NO4P. The molecule has 0 saturated carbocycles. The lowest BCUT2D eigenvalue weighted by molar-refractivity contribution is -0.587. The first-order valence-corrected chi connectivity index (χ1v) is 4.37. The van der Waals surface area contributed by atoms with Crippen molar-refractivity contribution in [2.24, 2.45) is 0 Å². The zero-order chi connectivity index (χ0) is 8.48. The van der Waals surface area contributed by atoms with Gasteiger partial charge in [0, 0.05) is 12.1 Å². The number of nitrogens with zero attached hydrogens (tertiary/aromatic N) is 1. The van der Waals surface area contributed by atoms with Gasteiger partial charge in [0.15, 0.2) is 6.20 Å². The summed E-state index contributed by atoms with van der Waals surface area (Å²) in [6.45, 7) is 0.